The molecule has 1 aromatic heterocycles. The molecule has 0 spiro atoms. The van der Waals surface area contributed by atoms with Gasteiger partial charge in [-0.3, -0.25) is 4.98 Å². The van der Waals surface area contributed by atoms with Crippen LogP contribution < -0.4 is 10.1 Å². The molecule has 1 atom stereocenters. The van der Waals surface area contributed by atoms with Crippen LogP contribution in [0.1, 0.15) is 60.3 Å². The Labute approximate surface area is 181 Å². The summed E-state index contributed by atoms with van der Waals surface area (Å²) in [6.07, 6.45) is 1.98. The van der Waals surface area contributed by atoms with Gasteiger partial charge in [0.25, 0.3) is 0 Å². The lowest BCUT2D eigenvalue weighted by molar-refractivity contribution is 0.396. The molecule has 0 aliphatic rings. The van der Waals surface area contributed by atoms with Crippen LogP contribution in [0.5, 0.6) is 5.75 Å². The van der Waals surface area contributed by atoms with E-state index in [1.54, 1.807) is 7.11 Å². The van der Waals surface area contributed by atoms with Gasteiger partial charge < -0.3 is 10.1 Å². The molecule has 0 bridgehead atoms. The number of nitrogens with one attached hydrogen (secondary N) is 1. The minimum atomic E-state index is 0.132. The molecule has 30 heavy (non-hydrogen) atoms. The molecular formula is C27H34N2O. The monoisotopic (exact) mass is 402 g/mol. The predicted octanol–water partition coefficient (Wildman–Crippen LogP) is 6.35. The first-order valence-electron chi connectivity index (χ1n) is 10.9. The van der Waals surface area contributed by atoms with E-state index in [1.165, 1.54) is 22.3 Å². The molecule has 0 saturated carbocycles. The fraction of sp³-hybridized carbons (Fsp3) is 0.370. The number of ether oxygens (including phenoxy) is 1. The average Bonchev–Trinajstić information content (AvgIpc) is 2.78. The predicted molar refractivity (Wildman–Crippen MR) is 126 cm³/mol. The Bertz CT molecular complexity index is 973. The highest BCUT2D eigenvalue weighted by Gasteiger charge is 2.23. The molecule has 0 amide bonds. The quantitative estimate of drug-likeness (QED) is 0.477. The van der Waals surface area contributed by atoms with Crippen molar-refractivity contribution in [2.75, 3.05) is 7.11 Å². The van der Waals surface area contributed by atoms with Crippen LogP contribution in [-0.2, 0) is 19.4 Å². The molecule has 158 valence electrons. The number of hydrogen-bond donors (Lipinski definition) is 1. The van der Waals surface area contributed by atoms with Gasteiger partial charge in [0.2, 0.25) is 0 Å². The zero-order valence-electron chi connectivity index (χ0n) is 19.2. The normalized spacial score (nSPS) is 12.1. The van der Waals surface area contributed by atoms with Crippen LogP contribution in [-0.4, -0.2) is 12.1 Å². The number of pyridine rings is 1. The summed E-state index contributed by atoms with van der Waals surface area (Å²) in [5.74, 6) is 0.943. The molecule has 3 nitrogen and oxygen atoms in total. The van der Waals surface area contributed by atoms with Gasteiger partial charge in [-0.2, -0.15) is 0 Å². The second-order valence-electron chi connectivity index (χ2n) is 7.86. The Morgan fingerprint density at radius 2 is 1.57 bits per heavy atom. The van der Waals surface area contributed by atoms with E-state index < -0.39 is 0 Å². The van der Waals surface area contributed by atoms with Gasteiger partial charge in [-0.05, 0) is 50.3 Å². The van der Waals surface area contributed by atoms with E-state index in [0.717, 1.165) is 47.7 Å². The number of rotatable bonds is 8. The number of hydrogen-bond acceptors (Lipinski definition) is 3. The SMILES string of the molecule is CCc1cccc(CC)c1-c1nc(C)c(C(C)NCc2ccccc2)c(OC)c1C. The van der Waals surface area contributed by atoms with Gasteiger partial charge >= 0.3 is 0 Å². The Morgan fingerprint density at radius 3 is 2.13 bits per heavy atom. The van der Waals surface area contributed by atoms with Gasteiger partial charge in [-0.1, -0.05) is 62.4 Å². The maximum absolute atomic E-state index is 5.96. The van der Waals surface area contributed by atoms with E-state index in [2.05, 4.69) is 82.4 Å². The second kappa shape index (κ2) is 9.90. The van der Waals surface area contributed by atoms with Crippen molar-refractivity contribution in [1.82, 2.24) is 10.3 Å². The Morgan fingerprint density at radius 1 is 0.933 bits per heavy atom. The Balaban J connectivity index is 2.04. The van der Waals surface area contributed by atoms with E-state index in [9.17, 15) is 0 Å². The number of methoxy groups -OCH3 is 1. The maximum atomic E-state index is 5.96. The Kier molecular flexibility index (Phi) is 7.28. The molecule has 3 aromatic rings. The highest BCUT2D eigenvalue weighted by Crippen LogP contribution is 2.39. The summed E-state index contributed by atoms with van der Waals surface area (Å²) in [6, 6.07) is 17.2. The standard InChI is InChI=1S/C27H34N2O/c1-7-22-15-12-16-23(8-2)25(22)26-18(3)27(30-6)24(20(5)29-26)19(4)28-17-21-13-10-9-11-14-21/h9-16,19,28H,7-8,17H2,1-6H3. The van der Waals surface area contributed by atoms with E-state index in [0.29, 0.717) is 0 Å². The van der Waals surface area contributed by atoms with Crippen LogP contribution >= 0.6 is 0 Å². The van der Waals surface area contributed by atoms with Crippen molar-refractivity contribution in [3.8, 4) is 17.0 Å². The van der Waals surface area contributed by atoms with E-state index >= 15 is 0 Å². The van der Waals surface area contributed by atoms with Gasteiger partial charge in [0.1, 0.15) is 5.75 Å². The van der Waals surface area contributed by atoms with Crippen LogP contribution in [0.25, 0.3) is 11.3 Å². The molecule has 2 aromatic carbocycles. The van der Waals surface area contributed by atoms with Crippen LogP contribution in [0.2, 0.25) is 0 Å². The van der Waals surface area contributed by atoms with Crippen LogP contribution in [0.4, 0.5) is 0 Å². The van der Waals surface area contributed by atoms with Gasteiger partial charge in [0, 0.05) is 35.0 Å². The molecule has 3 rings (SSSR count). The topological polar surface area (TPSA) is 34.2 Å². The summed E-state index contributed by atoms with van der Waals surface area (Å²) >= 11 is 0. The largest absolute Gasteiger partial charge is 0.496 e. The molecule has 3 heteroatoms. The fourth-order valence-electron chi connectivity index (χ4n) is 4.32. The third-order valence-corrected chi connectivity index (χ3v) is 5.94. The zero-order chi connectivity index (χ0) is 21.7. The van der Waals surface area contributed by atoms with Crippen molar-refractivity contribution < 1.29 is 4.74 Å². The summed E-state index contributed by atoms with van der Waals surface area (Å²) in [7, 11) is 1.77. The van der Waals surface area contributed by atoms with E-state index in [-0.39, 0.29) is 6.04 Å². The molecule has 0 aliphatic heterocycles. The van der Waals surface area contributed by atoms with Gasteiger partial charge in [0.05, 0.1) is 12.8 Å². The molecule has 1 heterocycles. The summed E-state index contributed by atoms with van der Waals surface area (Å²) in [5.41, 5.74) is 9.56. The minimum Gasteiger partial charge on any atom is -0.496 e. The number of aryl methyl sites for hydroxylation is 3. The van der Waals surface area contributed by atoms with Crippen LogP contribution in [0.15, 0.2) is 48.5 Å². The molecule has 0 aliphatic carbocycles. The Hall–Kier alpha value is -2.65. The molecule has 1 N–H and O–H groups in total. The van der Waals surface area contributed by atoms with Crippen molar-refractivity contribution in [1.29, 1.82) is 0 Å². The summed E-state index contributed by atoms with van der Waals surface area (Å²) in [6.45, 7) is 11.7. The highest BCUT2D eigenvalue weighted by atomic mass is 16.5. The lowest BCUT2D eigenvalue weighted by Crippen LogP contribution is -2.21. The van der Waals surface area contributed by atoms with Crippen molar-refractivity contribution in [3.05, 3.63) is 82.0 Å². The smallest absolute Gasteiger partial charge is 0.130 e. The third kappa shape index (κ3) is 4.41. The first kappa shape index (κ1) is 22.0. The summed E-state index contributed by atoms with van der Waals surface area (Å²) in [4.78, 5) is 5.12. The van der Waals surface area contributed by atoms with Gasteiger partial charge in [0.15, 0.2) is 0 Å². The second-order valence-corrected chi connectivity index (χ2v) is 7.86. The molecular weight excluding hydrogens is 368 g/mol. The lowest BCUT2D eigenvalue weighted by atomic mass is 9.90. The van der Waals surface area contributed by atoms with Gasteiger partial charge in [-0.15, -0.1) is 0 Å². The van der Waals surface area contributed by atoms with E-state index in [1.807, 2.05) is 6.07 Å². The molecule has 0 radical (unpaired) electrons. The molecule has 1 unspecified atom stereocenters. The fourth-order valence-corrected chi connectivity index (χ4v) is 4.32. The minimum absolute atomic E-state index is 0.132. The number of nitrogens with zero attached hydrogens (tertiary/aromatic N) is 1. The van der Waals surface area contributed by atoms with Crippen molar-refractivity contribution in [2.45, 2.75) is 60.0 Å². The third-order valence-electron chi connectivity index (χ3n) is 5.94. The first-order valence-corrected chi connectivity index (χ1v) is 10.9. The number of benzene rings is 2. The molecule has 0 saturated heterocycles. The lowest BCUT2D eigenvalue weighted by Gasteiger charge is -2.24. The summed E-state index contributed by atoms with van der Waals surface area (Å²) < 4.78 is 5.96. The summed E-state index contributed by atoms with van der Waals surface area (Å²) in [5, 5.41) is 3.64. The van der Waals surface area contributed by atoms with Crippen molar-refractivity contribution >= 4 is 0 Å². The first-order chi connectivity index (χ1) is 14.5. The van der Waals surface area contributed by atoms with Crippen molar-refractivity contribution in [2.24, 2.45) is 0 Å². The zero-order valence-corrected chi connectivity index (χ0v) is 19.2. The van der Waals surface area contributed by atoms with Crippen LogP contribution in [0.3, 0.4) is 0 Å². The maximum Gasteiger partial charge on any atom is 0.130 e. The van der Waals surface area contributed by atoms with Crippen LogP contribution in [0, 0.1) is 13.8 Å². The average molecular weight is 403 g/mol. The molecule has 0 fully saturated rings. The highest BCUT2D eigenvalue weighted by molar-refractivity contribution is 5.74. The van der Waals surface area contributed by atoms with E-state index in [4.69, 9.17) is 9.72 Å². The van der Waals surface area contributed by atoms with Gasteiger partial charge in [-0.25, -0.2) is 0 Å². The van der Waals surface area contributed by atoms with Crippen molar-refractivity contribution in [3.63, 3.8) is 0 Å². The number of aromatic nitrogens is 1.